The fourth-order valence-electron chi connectivity index (χ4n) is 1.76. The van der Waals surface area contributed by atoms with Gasteiger partial charge in [0.25, 0.3) is 0 Å². The fourth-order valence-corrected chi connectivity index (χ4v) is 1.76. The molecule has 1 aromatic carbocycles. The van der Waals surface area contributed by atoms with Crippen molar-refractivity contribution in [1.29, 1.82) is 0 Å². The highest BCUT2D eigenvalue weighted by atomic mass is 16.5. The zero-order chi connectivity index (χ0) is 15.8. The molecule has 1 aromatic rings. The van der Waals surface area contributed by atoms with Crippen LogP contribution in [-0.2, 0) is 4.79 Å². The Balaban J connectivity index is 2.96. The summed E-state index contributed by atoms with van der Waals surface area (Å²) in [5, 5.41) is 2.87. The van der Waals surface area contributed by atoms with Crippen LogP contribution >= 0.6 is 0 Å². The van der Waals surface area contributed by atoms with Crippen LogP contribution in [0.1, 0.15) is 25.8 Å². The lowest BCUT2D eigenvalue weighted by molar-refractivity contribution is -0.117. The molecule has 0 aromatic heterocycles. The molecule has 1 N–H and O–H groups in total. The van der Waals surface area contributed by atoms with Gasteiger partial charge in [-0.05, 0) is 37.1 Å². The van der Waals surface area contributed by atoms with Gasteiger partial charge in [0.1, 0.15) is 0 Å². The molecule has 0 saturated heterocycles. The molecule has 0 aliphatic carbocycles. The maximum absolute atomic E-state index is 11.7. The molecule has 0 heterocycles. The third kappa shape index (κ3) is 4.70. The highest BCUT2D eigenvalue weighted by molar-refractivity contribution is 5.92. The number of methoxy groups -OCH3 is 3. The van der Waals surface area contributed by atoms with E-state index in [2.05, 4.69) is 5.32 Å². The second-order valence-corrected chi connectivity index (χ2v) is 4.61. The third-order valence-electron chi connectivity index (χ3n) is 3.12. The zero-order valence-electron chi connectivity index (χ0n) is 13.2. The Morgan fingerprint density at radius 2 is 1.76 bits per heavy atom. The Morgan fingerprint density at radius 3 is 2.19 bits per heavy atom. The van der Waals surface area contributed by atoms with Crippen LogP contribution in [0.2, 0.25) is 0 Å². The van der Waals surface area contributed by atoms with Crippen molar-refractivity contribution < 1.29 is 19.0 Å². The van der Waals surface area contributed by atoms with Gasteiger partial charge >= 0.3 is 0 Å². The molecular weight excluding hydrogens is 270 g/mol. The van der Waals surface area contributed by atoms with Crippen molar-refractivity contribution in [2.45, 2.75) is 26.3 Å². The lowest BCUT2D eigenvalue weighted by Crippen LogP contribution is -2.30. The summed E-state index contributed by atoms with van der Waals surface area (Å²) in [5.41, 5.74) is 0.795. The van der Waals surface area contributed by atoms with Gasteiger partial charge in [-0.25, -0.2) is 0 Å². The second-order valence-electron chi connectivity index (χ2n) is 4.61. The van der Waals surface area contributed by atoms with Gasteiger partial charge in [-0.15, -0.1) is 0 Å². The SMILES string of the molecule is CC[C@H](C)NC(=O)/C=C/c1cc(OC)c(OC)c(OC)c1. The van der Waals surface area contributed by atoms with Gasteiger partial charge in [0.15, 0.2) is 11.5 Å². The number of carbonyl (C=O) groups excluding carboxylic acids is 1. The van der Waals surface area contributed by atoms with Gasteiger partial charge in [0, 0.05) is 12.1 Å². The van der Waals surface area contributed by atoms with Crippen molar-refractivity contribution in [2.24, 2.45) is 0 Å². The average Bonchev–Trinajstić information content (AvgIpc) is 2.51. The van der Waals surface area contributed by atoms with Crippen molar-refractivity contribution in [3.63, 3.8) is 0 Å². The second kappa shape index (κ2) is 8.19. The summed E-state index contributed by atoms with van der Waals surface area (Å²) in [5.74, 6) is 1.51. The van der Waals surface area contributed by atoms with Crippen molar-refractivity contribution in [3.8, 4) is 17.2 Å². The van der Waals surface area contributed by atoms with Crippen LogP contribution in [0.15, 0.2) is 18.2 Å². The number of rotatable bonds is 7. The molecule has 0 aliphatic rings. The van der Waals surface area contributed by atoms with E-state index >= 15 is 0 Å². The molecule has 1 amide bonds. The quantitative estimate of drug-likeness (QED) is 0.785. The van der Waals surface area contributed by atoms with E-state index in [1.165, 1.54) is 6.08 Å². The molecule has 0 unspecified atom stereocenters. The van der Waals surface area contributed by atoms with Crippen molar-refractivity contribution in [2.75, 3.05) is 21.3 Å². The third-order valence-corrected chi connectivity index (χ3v) is 3.12. The van der Waals surface area contributed by atoms with E-state index in [0.29, 0.717) is 17.2 Å². The van der Waals surface area contributed by atoms with E-state index < -0.39 is 0 Å². The highest BCUT2D eigenvalue weighted by Crippen LogP contribution is 2.38. The van der Waals surface area contributed by atoms with Crippen LogP contribution in [0, 0.1) is 0 Å². The normalized spacial score (nSPS) is 12.0. The molecule has 1 atom stereocenters. The lowest BCUT2D eigenvalue weighted by Gasteiger charge is -2.13. The Labute approximate surface area is 125 Å². The zero-order valence-corrected chi connectivity index (χ0v) is 13.2. The predicted molar refractivity (Wildman–Crippen MR) is 83.0 cm³/mol. The van der Waals surface area contributed by atoms with Crippen molar-refractivity contribution in [1.82, 2.24) is 5.32 Å². The molecule has 0 radical (unpaired) electrons. The summed E-state index contributed by atoms with van der Waals surface area (Å²) in [6.45, 7) is 3.99. The number of ether oxygens (including phenoxy) is 3. The van der Waals surface area contributed by atoms with Crippen molar-refractivity contribution in [3.05, 3.63) is 23.8 Å². The van der Waals surface area contributed by atoms with E-state index in [0.717, 1.165) is 12.0 Å². The summed E-state index contributed by atoms with van der Waals surface area (Å²) in [6, 6.07) is 3.73. The fraction of sp³-hybridized carbons (Fsp3) is 0.438. The number of hydrogen-bond donors (Lipinski definition) is 1. The highest BCUT2D eigenvalue weighted by Gasteiger charge is 2.12. The molecule has 0 bridgehead atoms. The maximum Gasteiger partial charge on any atom is 0.244 e. The van der Waals surface area contributed by atoms with Gasteiger partial charge in [-0.1, -0.05) is 6.92 Å². The summed E-state index contributed by atoms with van der Waals surface area (Å²) in [6.07, 6.45) is 4.10. The van der Waals surface area contributed by atoms with Crippen LogP contribution in [0.25, 0.3) is 6.08 Å². The van der Waals surface area contributed by atoms with Crippen LogP contribution in [0.4, 0.5) is 0 Å². The molecule has 0 saturated carbocycles. The van der Waals surface area contributed by atoms with E-state index in [9.17, 15) is 4.79 Å². The molecule has 21 heavy (non-hydrogen) atoms. The smallest absolute Gasteiger partial charge is 0.244 e. The van der Waals surface area contributed by atoms with Crippen LogP contribution < -0.4 is 19.5 Å². The summed E-state index contributed by atoms with van der Waals surface area (Å²) in [4.78, 5) is 11.7. The Kier molecular flexibility index (Phi) is 6.59. The first-order chi connectivity index (χ1) is 10.0. The molecule has 0 fully saturated rings. The van der Waals surface area contributed by atoms with Gasteiger partial charge in [-0.2, -0.15) is 0 Å². The first kappa shape index (κ1) is 16.9. The number of amides is 1. The monoisotopic (exact) mass is 293 g/mol. The predicted octanol–water partition coefficient (Wildman–Crippen LogP) is 2.64. The number of hydrogen-bond acceptors (Lipinski definition) is 4. The van der Waals surface area contributed by atoms with Gasteiger partial charge in [-0.3, -0.25) is 4.79 Å². The summed E-state index contributed by atoms with van der Waals surface area (Å²) >= 11 is 0. The number of carbonyl (C=O) groups is 1. The largest absolute Gasteiger partial charge is 0.493 e. The van der Waals surface area contributed by atoms with E-state index in [1.807, 2.05) is 13.8 Å². The standard InChI is InChI=1S/C16H23NO4/c1-6-11(2)17-15(18)8-7-12-9-13(19-3)16(21-5)14(10-12)20-4/h7-11H,6H2,1-5H3,(H,17,18)/b8-7+/t11-/m0/s1. The minimum Gasteiger partial charge on any atom is -0.493 e. The van der Waals surface area contributed by atoms with E-state index in [1.54, 1.807) is 39.5 Å². The molecule has 0 spiro atoms. The first-order valence-corrected chi connectivity index (χ1v) is 6.84. The minimum atomic E-state index is -0.127. The molecule has 116 valence electrons. The number of nitrogens with one attached hydrogen (secondary N) is 1. The summed E-state index contributed by atoms with van der Waals surface area (Å²) in [7, 11) is 4.66. The van der Waals surface area contributed by atoms with Gasteiger partial charge in [0.2, 0.25) is 11.7 Å². The van der Waals surface area contributed by atoms with Crippen LogP contribution in [0.5, 0.6) is 17.2 Å². The first-order valence-electron chi connectivity index (χ1n) is 6.84. The van der Waals surface area contributed by atoms with Crippen LogP contribution in [0.3, 0.4) is 0 Å². The molecule has 1 rings (SSSR count). The molecule has 5 nitrogen and oxygen atoms in total. The Morgan fingerprint density at radius 1 is 1.19 bits per heavy atom. The van der Waals surface area contributed by atoms with E-state index in [-0.39, 0.29) is 11.9 Å². The summed E-state index contributed by atoms with van der Waals surface area (Å²) < 4.78 is 15.8. The van der Waals surface area contributed by atoms with Gasteiger partial charge in [0.05, 0.1) is 21.3 Å². The van der Waals surface area contributed by atoms with Crippen molar-refractivity contribution >= 4 is 12.0 Å². The van der Waals surface area contributed by atoms with Gasteiger partial charge < -0.3 is 19.5 Å². The maximum atomic E-state index is 11.7. The lowest BCUT2D eigenvalue weighted by atomic mass is 10.1. The minimum absolute atomic E-state index is 0.127. The van der Waals surface area contributed by atoms with Crippen LogP contribution in [-0.4, -0.2) is 33.3 Å². The Hall–Kier alpha value is -2.17. The molecular formula is C16H23NO4. The molecule has 5 heteroatoms. The number of benzene rings is 1. The Bertz CT molecular complexity index is 486. The van der Waals surface area contributed by atoms with E-state index in [4.69, 9.17) is 14.2 Å². The topological polar surface area (TPSA) is 56.8 Å². The average molecular weight is 293 g/mol. The molecule has 0 aliphatic heterocycles.